The molecule has 0 aliphatic carbocycles. The quantitative estimate of drug-likeness (QED) is 0.593. The van der Waals surface area contributed by atoms with Crippen molar-refractivity contribution in [1.82, 2.24) is 25.7 Å². The maximum Gasteiger partial charge on any atom is 0.347 e. The number of aromatic nitrogens is 4. The lowest BCUT2D eigenvalue weighted by Crippen LogP contribution is -2.42. The number of benzene rings is 1. The number of nitriles is 1. The Hall–Kier alpha value is -3.68. The Kier molecular flexibility index (Phi) is 5.22. The molecule has 0 fully saturated rings. The van der Waals surface area contributed by atoms with E-state index in [0.717, 1.165) is 16.1 Å². The number of allylic oxidation sites excluding steroid dienone is 1. The number of aromatic amines is 1. The van der Waals surface area contributed by atoms with Gasteiger partial charge in [0.15, 0.2) is 17.1 Å². The highest BCUT2D eigenvalue weighted by molar-refractivity contribution is 6.37. The lowest BCUT2D eigenvalue weighted by molar-refractivity contribution is 0.248. The van der Waals surface area contributed by atoms with Gasteiger partial charge in [-0.2, -0.15) is 20.5 Å². The number of amides is 2. The Morgan fingerprint density at radius 2 is 1.94 bits per heavy atom. The lowest BCUT2D eigenvalue weighted by Gasteiger charge is -2.24. The average Bonchev–Trinajstić information content (AvgIpc) is 3.14. The van der Waals surface area contributed by atoms with Crippen LogP contribution in [-0.2, 0) is 0 Å². The van der Waals surface area contributed by atoms with Gasteiger partial charge in [-0.05, 0) is 18.1 Å². The fourth-order valence-electron chi connectivity index (χ4n) is 2.90. The molecule has 2 aromatic heterocycles. The third kappa shape index (κ3) is 3.76. The van der Waals surface area contributed by atoms with Crippen LogP contribution in [0.1, 0.15) is 25.5 Å². The third-order valence-electron chi connectivity index (χ3n) is 4.35. The predicted octanol–water partition coefficient (Wildman–Crippen LogP) is 4.50. The fourth-order valence-corrected chi connectivity index (χ4v) is 3.45. The number of halogens is 2. The van der Waals surface area contributed by atoms with Gasteiger partial charge in [-0.25, -0.2) is 4.79 Å². The molecule has 0 spiro atoms. The topological polar surface area (TPSA) is 132 Å². The molecule has 0 saturated heterocycles. The molecule has 12 heteroatoms. The first kappa shape index (κ1) is 20.6. The number of anilines is 1. The molecule has 1 aromatic carbocycles. The molecule has 0 saturated carbocycles. The van der Waals surface area contributed by atoms with Gasteiger partial charge < -0.3 is 10.1 Å². The van der Waals surface area contributed by atoms with Gasteiger partial charge in [0.2, 0.25) is 5.88 Å². The first-order chi connectivity index (χ1) is 14.8. The molecule has 1 aliphatic heterocycles. The number of hydrogen-bond acceptors (Lipinski definition) is 7. The fraction of sp³-hybridized carbons (Fsp3) is 0.158. The van der Waals surface area contributed by atoms with Crippen molar-refractivity contribution in [2.75, 3.05) is 5.01 Å². The molecule has 10 nitrogen and oxygen atoms in total. The monoisotopic (exact) mass is 456 g/mol. The van der Waals surface area contributed by atoms with Crippen molar-refractivity contribution >= 4 is 51.7 Å². The number of fused-ring (bicyclic) bond motifs is 1. The molecule has 2 N–H and O–H groups in total. The molecule has 1 aliphatic rings. The summed E-state index contributed by atoms with van der Waals surface area (Å²) in [4.78, 5) is 12.2. The molecule has 156 valence electrons. The molecular formula is C19H14Cl2N8O2. The van der Waals surface area contributed by atoms with E-state index >= 15 is 0 Å². The molecule has 4 rings (SSSR count). The van der Waals surface area contributed by atoms with Crippen LogP contribution in [0.5, 0.6) is 11.6 Å². The molecular weight excluding hydrogens is 443 g/mol. The summed E-state index contributed by atoms with van der Waals surface area (Å²) in [7, 11) is 0. The predicted molar refractivity (Wildman–Crippen MR) is 116 cm³/mol. The second-order valence-corrected chi connectivity index (χ2v) is 7.64. The summed E-state index contributed by atoms with van der Waals surface area (Å²) in [6.45, 7) is 7.59. The number of carbonyl (C=O) groups excluding carboxylic acids is 1. The SMILES string of the molecule is C=C1NC(=O)N(c2cc(Cl)c(Oc3cc4c(C(C)C)n[nH]c4nn3)c(Cl)c2)N=C1C#N. The molecule has 3 heterocycles. The normalized spacial score (nSPS) is 13.9. The van der Waals surface area contributed by atoms with E-state index in [9.17, 15) is 4.79 Å². The van der Waals surface area contributed by atoms with Gasteiger partial charge in [-0.1, -0.05) is 43.6 Å². The van der Waals surface area contributed by atoms with Gasteiger partial charge in [0, 0.05) is 11.5 Å². The van der Waals surface area contributed by atoms with E-state index in [1.54, 1.807) is 6.07 Å². The van der Waals surface area contributed by atoms with Crippen molar-refractivity contribution in [2.45, 2.75) is 19.8 Å². The molecule has 0 radical (unpaired) electrons. The van der Waals surface area contributed by atoms with Gasteiger partial charge in [0.25, 0.3) is 0 Å². The lowest BCUT2D eigenvalue weighted by atomic mass is 10.1. The summed E-state index contributed by atoms with van der Waals surface area (Å²) >= 11 is 12.7. The van der Waals surface area contributed by atoms with E-state index in [-0.39, 0.29) is 44.7 Å². The minimum absolute atomic E-state index is 0.0446. The number of H-pyrrole nitrogens is 1. The molecule has 2 amide bonds. The third-order valence-corrected chi connectivity index (χ3v) is 4.91. The smallest absolute Gasteiger partial charge is 0.347 e. The summed E-state index contributed by atoms with van der Waals surface area (Å²) in [5.41, 5.74) is 1.66. The number of nitrogens with zero attached hydrogens (tertiary/aromatic N) is 6. The Morgan fingerprint density at radius 1 is 1.23 bits per heavy atom. The number of urea groups is 1. The van der Waals surface area contributed by atoms with Gasteiger partial charge in [-0.3, -0.25) is 5.10 Å². The Morgan fingerprint density at radius 3 is 2.58 bits per heavy atom. The minimum Gasteiger partial charge on any atom is -0.434 e. The molecule has 31 heavy (non-hydrogen) atoms. The summed E-state index contributed by atoms with van der Waals surface area (Å²) in [5, 5.41) is 32.6. The van der Waals surface area contributed by atoms with Gasteiger partial charge in [-0.15, -0.1) is 10.2 Å². The highest BCUT2D eigenvalue weighted by Crippen LogP contribution is 2.40. The van der Waals surface area contributed by atoms with Crippen LogP contribution in [0.4, 0.5) is 10.5 Å². The number of rotatable bonds is 4. The molecule has 0 bridgehead atoms. The summed E-state index contributed by atoms with van der Waals surface area (Å²) in [6, 6.07) is 5.79. The summed E-state index contributed by atoms with van der Waals surface area (Å²) in [6.07, 6.45) is 0. The zero-order valence-electron chi connectivity index (χ0n) is 16.3. The highest BCUT2D eigenvalue weighted by atomic mass is 35.5. The van der Waals surface area contributed by atoms with Crippen molar-refractivity contribution in [2.24, 2.45) is 5.10 Å². The van der Waals surface area contributed by atoms with Crippen molar-refractivity contribution in [3.63, 3.8) is 0 Å². The first-order valence-corrected chi connectivity index (χ1v) is 9.71. The number of hydrogen-bond donors (Lipinski definition) is 2. The van der Waals surface area contributed by atoms with E-state index < -0.39 is 6.03 Å². The van der Waals surface area contributed by atoms with Crippen LogP contribution in [0.3, 0.4) is 0 Å². The van der Waals surface area contributed by atoms with Crippen LogP contribution in [0, 0.1) is 11.3 Å². The van der Waals surface area contributed by atoms with Crippen molar-refractivity contribution < 1.29 is 9.53 Å². The Balaban J connectivity index is 1.69. The van der Waals surface area contributed by atoms with Crippen molar-refractivity contribution in [3.8, 4) is 17.7 Å². The molecule has 0 unspecified atom stereocenters. The summed E-state index contributed by atoms with van der Waals surface area (Å²) < 4.78 is 5.78. The van der Waals surface area contributed by atoms with Gasteiger partial charge in [0.05, 0.1) is 27.1 Å². The van der Waals surface area contributed by atoms with Crippen LogP contribution in [0.15, 0.2) is 35.6 Å². The minimum atomic E-state index is -0.609. The average molecular weight is 457 g/mol. The largest absolute Gasteiger partial charge is 0.434 e. The van der Waals surface area contributed by atoms with Crippen LogP contribution >= 0.6 is 23.2 Å². The van der Waals surface area contributed by atoms with E-state index in [1.165, 1.54) is 12.1 Å². The number of nitrogens with one attached hydrogen (secondary N) is 2. The number of ether oxygens (including phenoxy) is 1. The number of hydrazone groups is 1. The maximum atomic E-state index is 12.2. The number of carbonyl (C=O) groups is 1. The Labute approximate surface area is 186 Å². The van der Waals surface area contributed by atoms with E-state index in [4.69, 9.17) is 33.2 Å². The van der Waals surface area contributed by atoms with Gasteiger partial charge >= 0.3 is 6.03 Å². The van der Waals surface area contributed by atoms with Gasteiger partial charge in [0.1, 0.15) is 6.07 Å². The van der Waals surface area contributed by atoms with Crippen molar-refractivity contribution in [1.29, 1.82) is 5.26 Å². The second kappa shape index (κ2) is 7.86. The van der Waals surface area contributed by atoms with Crippen LogP contribution in [-0.4, -0.2) is 32.1 Å². The van der Waals surface area contributed by atoms with Crippen LogP contribution in [0.2, 0.25) is 10.0 Å². The standard InChI is InChI=1S/C19H14Cl2N8O2/c1-8(2)16-11-6-15(24-26-18(11)27-25-16)31-17-12(20)4-10(5-13(17)21)29-19(30)23-9(3)14(7-22)28-29/h4-6,8H,3H2,1-2H3,(H,23,30)(H,25,26,27). The van der Waals surface area contributed by atoms with E-state index in [2.05, 4.69) is 37.4 Å². The zero-order valence-corrected chi connectivity index (χ0v) is 17.8. The van der Waals surface area contributed by atoms with E-state index in [0.29, 0.717) is 5.65 Å². The van der Waals surface area contributed by atoms with E-state index in [1.807, 2.05) is 19.9 Å². The first-order valence-electron chi connectivity index (χ1n) is 8.96. The second-order valence-electron chi connectivity index (χ2n) is 6.83. The summed E-state index contributed by atoms with van der Waals surface area (Å²) in [5.74, 6) is 0.466. The molecule has 3 aromatic rings. The maximum absolute atomic E-state index is 12.2. The van der Waals surface area contributed by atoms with Crippen LogP contribution < -0.4 is 15.1 Å². The van der Waals surface area contributed by atoms with Crippen LogP contribution in [0.25, 0.3) is 11.0 Å². The molecule has 0 atom stereocenters. The highest BCUT2D eigenvalue weighted by Gasteiger charge is 2.26. The van der Waals surface area contributed by atoms with Crippen molar-refractivity contribution in [3.05, 3.63) is 46.2 Å². The zero-order chi connectivity index (χ0) is 22.3. The Bertz CT molecular complexity index is 1280.